The third kappa shape index (κ3) is 5.90. The van der Waals surface area contributed by atoms with Crippen molar-refractivity contribution in [1.82, 2.24) is 20.4 Å². The van der Waals surface area contributed by atoms with Gasteiger partial charge in [-0.1, -0.05) is 17.7 Å². The molecule has 0 saturated heterocycles. The lowest BCUT2D eigenvalue weighted by atomic mass is 10.1. The molecule has 2 N–H and O–H groups in total. The number of methoxy groups -OCH3 is 1. The summed E-state index contributed by atoms with van der Waals surface area (Å²) in [5.41, 5.74) is 1.32. The van der Waals surface area contributed by atoms with Gasteiger partial charge in [-0.2, -0.15) is 18.3 Å². The third-order valence-corrected chi connectivity index (χ3v) is 4.05. The Morgan fingerprint density at radius 1 is 1.25 bits per heavy atom. The van der Waals surface area contributed by atoms with Crippen molar-refractivity contribution in [2.75, 3.05) is 20.2 Å². The van der Waals surface area contributed by atoms with E-state index in [1.807, 2.05) is 26.0 Å². The lowest BCUT2D eigenvalue weighted by molar-refractivity contribution is -0.142. The van der Waals surface area contributed by atoms with Crippen LogP contribution in [0.2, 0.25) is 0 Å². The van der Waals surface area contributed by atoms with Crippen molar-refractivity contribution < 1.29 is 17.9 Å². The second-order valence-electron chi connectivity index (χ2n) is 6.36. The largest absolute Gasteiger partial charge is 0.496 e. The first-order chi connectivity index (χ1) is 13.2. The minimum atomic E-state index is -4.50. The molecule has 1 aromatic carbocycles. The predicted molar refractivity (Wildman–Crippen MR) is 102 cm³/mol. The van der Waals surface area contributed by atoms with E-state index in [-0.39, 0.29) is 12.1 Å². The molecule has 0 aliphatic carbocycles. The Morgan fingerprint density at radius 2 is 2.00 bits per heavy atom. The van der Waals surface area contributed by atoms with Crippen molar-refractivity contribution >= 4 is 5.96 Å². The fourth-order valence-corrected chi connectivity index (χ4v) is 2.82. The summed E-state index contributed by atoms with van der Waals surface area (Å²) < 4.78 is 45.7. The van der Waals surface area contributed by atoms with E-state index >= 15 is 0 Å². The standard InChI is InChI=1S/C19H26F3N5O/c1-5-23-18(24-9-8-14-10-13(2)6-7-16(14)28-4)25-11-15-12-27(3)26-17(15)19(20,21)22/h6-7,10,12H,5,8-9,11H2,1-4H3,(H2,23,24,25). The van der Waals surface area contributed by atoms with E-state index in [1.54, 1.807) is 7.11 Å². The third-order valence-electron chi connectivity index (χ3n) is 4.05. The van der Waals surface area contributed by atoms with Crippen molar-refractivity contribution in [2.24, 2.45) is 12.0 Å². The van der Waals surface area contributed by atoms with Crippen LogP contribution in [0, 0.1) is 6.92 Å². The average molecular weight is 397 g/mol. The molecule has 0 unspecified atom stereocenters. The Balaban J connectivity index is 2.05. The smallest absolute Gasteiger partial charge is 0.435 e. The van der Waals surface area contributed by atoms with Crippen LogP contribution in [0.3, 0.4) is 0 Å². The number of halogens is 3. The van der Waals surface area contributed by atoms with Crippen molar-refractivity contribution in [3.05, 3.63) is 46.8 Å². The van der Waals surface area contributed by atoms with Crippen LogP contribution in [-0.4, -0.2) is 35.9 Å². The van der Waals surface area contributed by atoms with Gasteiger partial charge < -0.3 is 15.4 Å². The number of nitrogens with one attached hydrogen (secondary N) is 2. The number of alkyl halides is 3. The highest BCUT2D eigenvalue weighted by Crippen LogP contribution is 2.30. The minimum Gasteiger partial charge on any atom is -0.496 e. The molecule has 0 atom stereocenters. The lowest BCUT2D eigenvalue weighted by Crippen LogP contribution is -2.38. The molecule has 0 bridgehead atoms. The highest BCUT2D eigenvalue weighted by Gasteiger charge is 2.36. The number of aliphatic imine (C=N–C) groups is 1. The molecule has 28 heavy (non-hydrogen) atoms. The quantitative estimate of drug-likeness (QED) is 0.557. The van der Waals surface area contributed by atoms with Gasteiger partial charge in [-0.25, -0.2) is 4.99 Å². The van der Waals surface area contributed by atoms with Gasteiger partial charge in [-0.3, -0.25) is 4.68 Å². The molecule has 2 rings (SSSR count). The Bertz CT molecular complexity index is 814. The van der Waals surface area contributed by atoms with Crippen LogP contribution in [0.15, 0.2) is 29.4 Å². The molecule has 0 saturated carbocycles. The monoisotopic (exact) mass is 397 g/mol. The zero-order valence-corrected chi connectivity index (χ0v) is 16.5. The fourth-order valence-electron chi connectivity index (χ4n) is 2.82. The summed E-state index contributed by atoms with van der Waals surface area (Å²) in [6, 6.07) is 5.95. The van der Waals surface area contributed by atoms with E-state index in [1.165, 1.54) is 13.2 Å². The maximum Gasteiger partial charge on any atom is 0.435 e. The number of hydrogen-bond acceptors (Lipinski definition) is 3. The summed E-state index contributed by atoms with van der Waals surface area (Å²) in [5.74, 6) is 1.26. The van der Waals surface area contributed by atoms with Crippen LogP contribution in [0.5, 0.6) is 5.75 Å². The summed E-state index contributed by atoms with van der Waals surface area (Å²) in [5, 5.41) is 9.70. The number of aryl methyl sites for hydroxylation is 2. The molecule has 2 aromatic rings. The first-order valence-corrected chi connectivity index (χ1v) is 9.00. The number of rotatable bonds is 7. The summed E-state index contributed by atoms with van der Waals surface area (Å²) in [4.78, 5) is 4.27. The van der Waals surface area contributed by atoms with Gasteiger partial charge >= 0.3 is 6.18 Å². The van der Waals surface area contributed by atoms with Crippen molar-refractivity contribution in [3.63, 3.8) is 0 Å². The van der Waals surface area contributed by atoms with Crippen LogP contribution in [-0.2, 0) is 26.2 Å². The molecule has 0 radical (unpaired) electrons. The molecule has 0 amide bonds. The van der Waals surface area contributed by atoms with Gasteiger partial charge in [-0.05, 0) is 31.9 Å². The topological polar surface area (TPSA) is 63.5 Å². The maximum absolute atomic E-state index is 13.1. The molecule has 0 spiro atoms. The molecule has 0 fully saturated rings. The highest BCUT2D eigenvalue weighted by atomic mass is 19.4. The number of aromatic nitrogens is 2. The number of nitrogens with zero attached hydrogens (tertiary/aromatic N) is 3. The number of guanidine groups is 1. The van der Waals surface area contributed by atoms with Gasteiger partial charge in [0.15, 0.2) is 11.7 Å². The highest BCUT2D eigenvalue weighted by molar-refractivity contribution is 5.79. The molecule has 1 aromatic heterocycles. The molecule has 9 heteroatoms. The maximum atomic E-state index is 13.1. The molecule has 154 valence electrons. The van der Waals surface area contributed by atoms with E-state index in [4.69, 9.17) is 4.74 Å². The molecular formula is C19H26F3N5O. The first-order valence-electron chi connectivity index (χ1n) is 9.00. The predicted octanol–water partition coefficient (Wildman–Crippen LogP) is 3.05. The van der Waals surface area contributed by atoms with Crippen molar-refractivity contribution in [3.8, 4) is 5.75 Å². The van der Waals surface area contributed by atoms with E-state index in [0.29, 0.717) is 25.5 Å². The minimum absolute atomic E-state index is 0.0348. The number of benzene rings is 1. The van der Waals surface area contributed by atoms with Crippen LogP contribution in [0.25, 0.3) is 0 Å². The summed E-state index contributed by atoms with van der Waals surface area (Å²) in [6.45, 7) is 4.94. The van der Waals surface area contributed by atoms with Crippen LogP contribution in [0.4, 0.5) is 13.2 Å². The van der Waals surface area contributed by atoms with Gasteiger partial charge in [0.2, 0.25) is 0 Å². The Kier molecular flexibility index (Phi) is 7.31. The van der Waals surface area contributed by atoms with Crippen LogP contribution >= 0.6 is 0 Å². The van der Waals surface area contributed by atoms with Crippen LogP contribution in [0.1, 0.15) is 29.3 Å². The summed E-state index contributed by atoms with van der Waals surface area (Å²) >= 11 is 0. The Hall–Kier alpha value is -2.71. The van der Waals surface area contributed by atoms with Gasteiger partial charge in [0, 0.05) is 31.9 Å². The summed E-state index contributed by atoms with van der Waals surface area (Å²) in [6.07, 6.45) is -2.47. The van der Waals surface area contributed by atoms with E-state index in [2.05, 4.69) is 26.8 Å². The molecule has 1 heterocycles. The second-order valence-corrected chi connectivity index (χ2v) is 6.36. The van der Waals surface area contributed by atoms with E-state index in [9.17, 15) is 13.2 Å². The molecule has 6 nitrogen and oxygen atoms in total. The molecule has 0 aliphatic heterocycles. The van der Waals surface area contributed by atoms with Crippen LogP contribution < -0.4 is 15.4 Å². The molecule has 0 aliphatic rings. The second kappa shape index (κ2) is 9.48. The zero-order valence-electron chi connectivity index (χ0n) is 16.5. The SMILES string of the molecule is CCNC(=NCc1cn(C)nc1C(F)(F)F)NCCc1cc(C)ccc1OC. The van der Waals surface area contributed by atoms with Gasteiger partial charge in [0.1, 0.15) is 5.75 Å². The lowest BCUT2D eigenvalue weighted by Gasteiger charge is -2.13. The number of hydrogen-bond donors (Lipinski definition) is 2. The van der Waals surface area contributed by atoms with Gasteiger partial charge in [0.25, 0.3) is 0 Å². The average Bonchev–Trinajstić information content (AvgIpc) is 3.01. The van der Waals surface area contributed by atoms with Gasteiger partial charge in [-0.15, -0.1) is 0 Å². The molecular weight excluding hydrogens is 371 g/mol. The normalized spacial score (nSPS) is 12.2. The van der Waals surface area contributed by atoms with Crippen molar-refractivity contribution in [1.29, 1.82) is 0 Å². The summed E-state index contributed by atoms with van der Waals surface area (Å²) in [7, 11) is 3.08. The van der Waals surface area contributed by atoms with Crippen molar-refractivity contribution in [2.45, 2.75) is 33.0 Å². The Morgan fingerprint density at radius 3 is 2.64 bits per heavy atom. The van der Waals surface area contributed by atoms with E-state index < -0.39 is 11.9 Å². The zero-order chi connectivity index (χ0) is 20.7. The fraction of sp³-hybridized carbons (Fsp3) is 0.474. The first kappa shape index (κ1) is 21.6. The number of ether oxygens (including phenoxy) is 1. The van der Waals surface area contributed by atoms with E-state index in [0.717, 1.165) is 21.6 Å². The Labute approximate surface area is 162 Å². The van der Waals surface area contributed by atoms with Gasteiger partial charge in [0.05, 0.1) is 13.7 Å².